The summed E-state index contributed by atoms with van der Waals surface area (Å²) < 4.78 is 9.95. The number of hydrogen-bond acceptors (Lipinski definition) is 4. The first-order valence-corrected chi connectivity index (χ1v) is 8.77. The van der Waals surface area contributed by atoms with E-state index < -0.39 is 5.97 Å². The third-order valence-electron chi connectivity index (χ3n) is 3.96. The Bertz CT molecular complexity index is 1030. The summed E-state index contributed by atoms with van der Waals surface area (Å²) in [6, 6.07) is 17.9. The summed E-state index contributed by atoms with van der Waals surface area (Å²) in [5.41, 5.74) is 2.59. The Morgan fingerprint density at radius 3 is 2.46 bits per heavy atom. The van der Waals surface area contributed by atoms with Gasteiger partial charge in [0.25, 0.3) is 0 Å². The Kier molecular flexibility index (Phi) is 6.27. The van der Waals surface area contributed by atoms with Crippen molar-refractivity contribution in [1.82, 2.24) is 0 Å². The van der Waals surface area contributed by atoms with Gasteiger partial charge in [0.2, 0.25) is 5.91 Å². The van der Waals surface area contributed by atoms with Gasteiger partial charge in [-0.1, -0.05) is 24.0 Å². The fourth-order valence-corrected chi connectivity index (χ4v) is 2.58. The van der Waals surface area contributed by atoms with Crippen LogP contribution in [0.2, 0.25) is 0 Å². The average molecular weight is 373 g/mol. The van der Waals surface area contributed by atoms with E-state index in [1.54, 1.807) is 30.5 Å². The van der Waals surface area contributed by atoms with Crippen LogP contribution in [0.3, 0.4) is 0 Å². The molecule has 0 fully saturated rings. The molecule has 1 heterocycles. The molecule has 28 heavy (non-hydrogen) atoms. The quantitative estimate of drug-likeness (QED) is 0.541. The number of methoxy groups -OCH3 is 1. The lowest BCUT2D eigenvalue weighted by Gasteiger charge is -2.05. The molecule has 0 aliphatic heterocycles. The highest BCUT2D eigenvalue weighted by Gasteiger charge is 2.06. The van der Waals surface area contributed by atoms with Crippen molar-refractivity contribution in [3.05, 3.63) is 89.4 Å². The van der Waals surface area contributed by atoms with E-state index in [-0.39, 0.29) is 5.91 Å². The molecule has 0 unspecified atom stereocenters. The van der Waals surface area contributed by atoms with Crippen LogP contribution in [0.25, 0.3) is 0 Å². The number of amides is 1. The third kappa shape index (κ3) is 5.36. The van der Waals surface area contributed by atoms with Gasteiger partial charge in [-0.15, -0.1) is 0 Å². The summed E-state index contributed by atoms with van der Waals surface area (Å²) in [5, 5.41) is 2.87. The van der Waals surface area contributed by atoms with Crippen molar-refractivity contribution in [2.75, 3.05) is 12.4 Å². The second-order valence-electron chi connectivity index (χ2n) is 6.03. The minimum Gasteiger partial charge on any atom is -0.469 e. The smallest absolute Gasteiger partial charge is 0.337 e. The number of benzene rings is 2. The van der Waals surface area contributed by atoms with Crippen molar-refractivity contribution in [2.45, 2.75) is 12.8 Å². The SMILES string of the molecule is COC(=O)c1cccc(C#Cc2cccc(NC(=O)CCc3ccco3)c2)c1. The van der Waals surface area contributed by atoms with Crippen LogP contribution in [0.4, 0.5) is 5.69 Å². The van der Waals surface area contributed by atoms with Gasteiger partial charge in [-0.3, -0.25) is 4.79 Å². The van der Waals surface area contributed by atoms with E-state index in [0.29, 0.717) is 29.7 Å². The standard InChI is InChI=1S/C23H19NO4/c1-27-23(26)19-7-2-5-17(15-19)10-11-18-6-3-8-20(16-18)24-22(25)13-12-21-9-4-14-28-21/h2-9,14-16H,12-13H2,1H3,(H,24,25). The highest BCUT2D eigenvalue weighted by atomic mass is 16.5. The molecule has 0 radical (unpaired) electrons. The van der Waals surface area contributed by atoms with E-state index in [0.717, 1.165) is 11.3 Å². The second kappa shape index (κ2) is 9.24. The highest BCUT2D eigenvalue weighted by molar-refractivity contribution is 5.91. The van der Waals surface area contributed by atoms with Gasteiger partial charge in [-0.2, -0.15) is 0 Å². The van der Waals surface area contributed by atoms with Crippen molar-refractivity contribution >= 4 is 17.6 Å². The number of nitrogens with one attached hydrogen (secondary N) is 1. The molecule has 0 aliphatic carbocycles. The summed E-state index contributed by atoms with van der Waals surface area (Å²) in [4.78, 5) is 23.7. The summed E-state index contributed by atoms with van der Waals surface area (Å²) >= 11 is 0. The van der Waals surface area contributed by atoms with Gasteiger partial charge >= 0.3 is 5.97 Å². The van der Waals surface area contributed by atoms with Crippen LogP contribution in [-0.2, 0) is 16.0 Å². The second-order valence-corrected chi connectivity index (χ2v) is 6.03. The van der Waals surface area contributed by atoms with Gasteiger partial charge in [0.1, 0.15) is 5.76 Å². The minimum atomic E-state index is -0.400. The number of aryl methyl sites for hydroxylation is 1. The third-order valence-corrected chi connectivity index (χ3v) is 3.96. The predicted molar refractivity (Wildman–Crippen MR) is 106 cm³/mol. The maximum Gasteiger partial charge on any atom is 0.337 e. The fourth-order valence-electron chi connectivity index (χ4n) is 2.58. The van der Waals surface area contributed by atoms with Crippen molar-refractivity contribution < 1.29 is 18.7 Å². The Morgan fingerprint density at radius 1 is 1.00 bits per heavy atom. The van der Waals surface area contributed by atoms with E-state index in [9.17, 15) is 9.59 Å². The van der Waals surface area contributed by atoms with E-state index in [4.69, 9.17) is 9.15 Å². The molecule has 140 valence electrons. The molecule has 0 aliphatic rings. The van der Waals surface area contributed by atoms with Crippen LogP contribution in [0.5, 0.6) is 0 Å². The molecule has 3 rings (SSSR count). The van der Waals surface area contributed by atoms with Crippen LogP contribution in [0, 0.1) is 11.8 Å². The molecule has 1 N–H and O–H groups in total. The Morgan fingerprint density at radius 2 is 1.75 bits per heavy atom. The van der Waals surface area contributed by atoms with Crippen LogP contribution in [0.15, 0.2) is 71.3 Å². The van der Waals surface area contributed by atoms with Gasteiger partial charge in [0, 0.05) is 29.7 Å². The number of hydrogen-bond donors (Lipinski definition) is 1. The van der Waals surface area contributed by atoms with Crippen molar-refractivity contribution in [3.63, 3.8) is 0 Å². The molecule has 5 nitrogen and oxygen atoms in total. The molecule has 2 aromatic carbocycles. The molecule has 0 saturated carbocycles. The molecule has 1 amide bonds. The maximum atomic E-state index is 12.1. The summed E-state index contributed by atoms with van der Waals surface area (Å²) in [6.07, 6.45) is 2.48. The van der Waals surface area contributed by atoms with Crippen molar-refractivity contribution in [3.8, 4) is 11.8 Å². The zero-order valence-electron chi connectivity index (χ0n) is 15.4. The number of rotatable bonds is 5. The minimum absolute atomic E-state index is 0.0905. The Hall–Kier alpha value is -3.78. The van der Waals surface area contributed by atoms with E-state index in [1.165, 1.54) is 7.11 Å². The van der Waals surface area contributed by atoms with Crippen molar-refractivity contribution in [2.24, 2.45) is 0 Å². The zero-order chi connectivity index (χ0) is 19.8. The molecule has 5 heteroatoms. The normalized spacial score (nSPS) is 9.89. The molecule has 0 spiro atoms. The number of esters is 1. The predicted octanol–water partition coefficient (Wildman–Crippen LogP) is 4.04. The number of carbonyl (C=O) groups excluding carboxylic acids is 2. The highest BCUT2D eigenvalue weighted by Crippen LogP contribution is 2.12. The Balaban J connectivity index is 1.64. The maximum absolute atomic E-state index is 12.1. The first kappa shape index (κ1) is 19.0. The van der Waals surface area contributed by atoms with Crippen molar-refractivity contribution in [1.29, 1.82) is 0 Å². The molecule has 0 atom stereocenters. The van der Waals surface area contributed by atoms with Gasteiger partial charge in [-0.05, 0) is 48.5 Å². The van der Waals surface area contributed by atoms with Gasteiger partial charge < -0.3 is 14.5 Å². The molecule has 0 saturated heterocycles. The first-order valence-electron chi connectivity index (χ1n) is 8.77. The summed E-state index contributed by atoms with van der Waals surface area (Å²) in [6.45, 7) is 0. The molecule has 0 bridgehead atoms. The molecular weight excluding hydrogens is 354 g/mol. The van der Waals surface area contributed by atoms with E-state index in [1.807, 2.05) is 36.4 Å². The average Bonchev–Trinajstić information content (AvgIpc) is 3.24. The molecular formula is C23H19NO4. The Labute approximate surface area is 163 Å². The fraction of sp³-hybridized carbons (Fsp3) is 0.130. The number of furan rings is 1. The van der Waals surface area contributed by atoms with E-state index >= 15 is 0 Å². The lowest BCUT2D eigenvalue weighted by Crippen LogP contribution is -2.12. The number of anilines is 1. The van der Waals surface area contributed by atoms with Gasteiger partial charge in [0.05, 0.1) is 18.9 Å². The zero-order valence-corrected chi connectivity index (χ0v) is 15.4. The lowest BCUT2D eigenvalue weighted by molar-refractivity contribution is -0.116. The molecule has 3 aromatic rings. The topological polar surface area (TPSA) is 68.5 Å². The monoisotopic (exact) mass is 373 g/mol. The van der Waals surface area contributed by atoms with Crippen LogP contribution >= 0.6 is 0 Å². The van der Waals surface area contributed by atoms with Gasteiger partial charge in [0.15, 0.2) is 0 Å². The largest absolute Gasteiger partial charge is 0.469 e. The van der Waals surface area contributed by atoms with Gasteiger partial charge in [-0.25, -0.2) is 4.79 Å². The van der Waals surface area contributed by atoms with Crippen LogP contribution < -0.4 is 5.32 Å². The lowest BCUT2D eigenvalue weighted by atomic mass is 10.1. The summed E-state index contributed by atoms with van der Waals surface area (Å²) in [5.74, 6) is 6.36. The number of ether oxygens (including phenoxy) is 1. The van der Waals surface area contributed by atoms with E-state index in [2.05, 4.69) is 17.2 Å². The van der Waals surface area contributed by atoms with Crippen LogP contribution in [0.1, 0.15) is 33.7 Å². The summed E-state index contributed by atoms with van der Waals surface area (Å²) in [7, 11) is 1.34. The number of carbonyl (C=O) groups is 2. The first-order chi connectivity index (χ1) is 13.6. The van der Waals surface area contributed by atoms with Crippen LogP contribution in [-0.4, -0.2) is 19.0 Å². The molecule has 1 aromatic heterocycles.